The minimum atomic E-state index is -3.65. The molecule has 3 unspecified atom stereocenters. The Hall–Kier alpha value is -1.05. The van der Waals surface area contributed by atoms with Crippen molar-refractivity contribution in [3.8, 4) is 0 Å². The fraction of sp³-hybridized carbons (Fsp3) is 0.600. The molecule has 124 valence electrons. The van der Waals surface area contributed by atoms with Crippen molar-refractivity contribution < 1.29 is 22.3 Å². The molecule has 1 aliphatic rings. The van der Waals surface area contributed by atoms with E-state index < -0.39 is 33.8 Å². The van der Waals surface area contributed by atoms with Gasteiger partial charge < -0.3 is 5.11 Å². The number of hydrogen-bond acceptors (Lipinski definition) is 3. The van der Waals surface area contributed by atoms with E-state index in [9.17, 15) is 22.3 Å². The summed E-state index contributed by atoms with van der Waals surface area (Å²) in [5.74, 6) is -1.40. The summed E-state index contributed by atoms with van der Waals surface area (Å²) >= 11 is 0. The van der Waals surface area contributed by atoms with Crippen molar-refractivity contribution >= 4 is 10.0 Å². The topological polar surface area (TPSA) is 57.6 Å². The van der Waals surface area contributed by atoms with E-state index in [1.165, 1.54) is 0 Å². The lowest BCUT2D eigenvalue weighted by molar-refractivity contribution is 0.188. The van der Waals surface area contributed by atoms with Crippen molar-refractivity contribution in [2.45, 2.75) is 38.8 Å². The summed E-state index contributed by atoms with van der Waals surface area (Å²) in [6.45, 7) is 3.63. The molecule has 1 aromatic rings. The summed E-state index contributed by atoms with van der Waals surface area (Å²) in [5.41, 5.74) is -0.0238. The number of hydrogen-bond donors (Lipinski definition) is 1. The van der Waals surface area contributed by atoms with Gasteiger partial charge in [0.05, 0.1) is 17.9 Å². The Morgan fingerprint density at radius 1 is 1.41 bits per heavy atom. The lowest BCUT2D eigenvalue weighted by Crippen LogP contribution is -2.35. The molecule has 1 fully saturated rings. The van der Waals surface area contributed by atoms with Gasteiger partial charge in [-0.2, -0.15) is 4.31 Å². The highest BCUT2D eigenvalue weighted by Gasteiger charge is 2.41. The summed E-state index contributed by atoms with van der Waals surface area (Å²) in [5, 5.41) is 9.82. The minimum Gasteiger partial charge on any atom is -0.392 e. The first-order chi connectivity index (χ1) is 10.2. The predicted octanol–water partition coefficient (Wildman–Crippen LogP) is 2.45. The molecule has 0 aromatic heterocycles. The molecule has 0 saturated carbocycles. The number of aliphatic hydroxyl groups excluding tert-OH is 1. The van der Waals surface area contributed by atoms with Crippen molar-refractivity contribution in [1.82, 2.24) is 4.31 Å². The number of benzene rings is 1. The van der Waals surface area contributed by atoms with Crippen LogP contribution in [0.15, 0.2) is 18.2 Å². The van der Waals surface area contributed by atoms with E-state index in [-0.39, 0.29) is 30.2 Å². The van der Waals surface area contributed by atoms with Gasteiger partial charge in [-0.15, -0.1) is 0 Å². The first-order valence-corrected chi connectivity index (χ1v) is 8.98. The molecule has 1 heterocycles. The molecule has 7 heteroatoms. The summed E-state index contributed by atoms with van der Waals surface area (Å²) in [7, 11) is -3.65. The second kappa shape index (κ2) is 6.60. The third-order valence-electron chi connectivity index (χ3n) is 4.10. The zero-order valence-electron chi connectivity index (χ0n) is 12.7. The first-order valence-electron chi connectivity index (χ1n) is 7.37. The fourth-order valence-corrected chi connectivity index (χ4v) is 4.85. The van der Waals surface area contributed by atoms with Crippen LogP contribution in [0, 0.1) is 17.6 Å². The van der Waals surface area contributed by atoms with Gasteiger partial charge in [-0.1, -0.05) is 20.3 Å². The lowest BCUT2D eigenvalue weighted by Gasteiger charge is -2.25. The van der Waals surface area contributed by atoms with Crippen molar-refractivity contribution in [2.75, 3.05) is 12.3 Å². The van der Waals surface area contributed by atoms with E-state index in [0.717, 1.165) is 22.5 Å². The number of rotatable bonds is 5. The molecule has 22 heavy (non-hydrogen) atoms. The van der Waals surface area contributed by atoms with Crippen LogP contribution in [0.3, 0.4) is 0 Å². The molecular weight excluding hydrogens is 312 g/mol. The van der Waals surface area contributed by atoms with E-state index in [0.29, 0.717) is 6.42 Å². The molecule has 1 saturated heterocycles. The van der Waals surface area contributed by atoms with Crippen LogP contribution in [0.4, 0.5) is 8.78 Å². The van der Waals surface area contributed by atoms with Gasteiger partial charge in [0.2, 0.25) is 10.0 Å². The minimum absolute atomic E-state index is 0.0238. The van der Waals surface area contributed by atoms with Crippen molar-refractivity contribution in [3.05, 3.63) is 35.4 Å². The van der Waals surface area contributed by atoms with Crippen LogP contribution >= 0.6 is 0 Å². The van der Waals surface area contributed by atoms with Crippen LogP contribution in [0.2, 0.25) is 0 Å². The van der Waals surface area contributed by atoms with Gasteiger partial charge in [0.15, 0.2) is 0 Å². The maximum absolute atomic E-state index is 14.0. The number of sulfonamides is 1. The van der Waals surface area contributed by atoms with Gasteiger partial charge in [-0.05, 0) is 30.5 Å². The van der Waals surface area contributed by atoms with Crippen LogP contribution in [0.5, 0.6) is 0 Å². The summed E-state index contributed by atoms with van der Waals surface area (Å²) < 4.78 is 53.5. The Labute approximate surface area is 129 Å². The maximum Gasteiger partial charge on any atom is 0.215 e. The highest BCUT2D eigenvalue weighted by atomic mass is 32.2. The van der Waals surface area contributed by atoms with Crippen molar-refractivity contribution in [2.24, 2.45) is 5.92 Å². The summed E-state index contributed by atoms with van der Waals surface area (Å²) in [4.78, 5) is 0. The molecule has 0 spiro atoms. The SMILES string of the molecule is CCC(C)CS(=O)(=O)N1CC(O)CC1c1cc(F)ccc1F. The molecule has 3 atom stereocenters. The Kier molecular flexibility index (Phi) is 5.19. The maximum atomic E-state index is 14.0. The average Bonchev–Trinajstić information content (AvgIpc) is 2.83. The Balaban J connectivity index is 2.36. The van der Waals surface area contributed by atoms with Gasteiger partial charge in [-0.25, -0.2) is 17.2 Å². The summed E-state index contributed by atoms with van der Waals surface area (Å²) in [6, 6.07) is 2.11. The van der Waals surface area contributed by atoms with E-state index in [1.807, 2.05) is 13.8 Å². The largest absolute Gasteiger partial charge is 0.392 e. The second-order valence-corrected chi connectivity index (χ2v) is 7.90. The first kappa shape index (κ1) is 17.3. The van der Waals surface area contributed by atoms with Gasteiger partial charge in [0, 0.05) is 12.1 Å². The second-order valence-electron chi connectivity index (χ2n) is 5.93. The van der Waals surface area contributed by atoms with Crippen molar-refractivity contribution in [1.29, 1.82) is 0 Å². The zero-order chi connectivity index (χ0) is 16.5. The Bertz CT molecular complexity index is 636. The molecule has 4 nitrogen and oxygen atoms in total. The molecule has 0 bridgehead atoms. The zero-order valence-corrected chi connectivity index (χ0v) is 13.5. The quantitative estimate of drug-likeness (QED) is 0.900. The average molecular weight is 333 g/mol. The van der Waals surface area contributed by atoms with Crippen LogP contribution in [-0.2, 0) is 10.0 Å². The standard InChI is InChI=1S/C15H21F2NO3S/c1-3-10(2)9-22(20,21)18-8-12(19)7-15(18)13-6-11(16)4-5-14(13)17/h4-6,10,12,15,19H,3,7-9H2,1-2H3. The normalized spacial score (nSPS) is 24.6. The molecule has 1 N–H and O–H groups in total. The van der Waals surface area contributed by atoms with Crippen molar-refractivity contribution in [3.63, 3.8) is 0 Å². The van der Waals surface area contributed by atoms with Crippen LogP contribution in [0.25, 0.3) is 0 Å². The smallest absolute Gasteiger partial charge is 0.215 e. The molecule has 0 aliphatic carbocycles. The van der Waals surface area contributed by atoms with E-state index in [1.54, 1.807) is 0 Å². The third-order valence-corrected chi connectivity index (χ3v) is 6.21. The van der Waals surface area contributed by atoms with Gasteiger partial charge in [0.1, 0.15) is 11.6 Å². The number of aliphatic hydroxyl groups is 1. The van der Waals surface area contributed by atoms with E-state index in [2.05, 4.69) is 0 Å². The van der Waals surface area contributed by atoms with E-state index in [4.69, 9.17) is 0 Å². The number of halogens is 2. The Morgan fingerprint density at radius 3 is 2.73 bits per heavy atom. The highest BCUT2D eigenvalue weighted by Crippen LogP contribution is 2.36. The molecule has 0 radical (unpaired) electrons. The monoisotopic (exact) mass is 333 g/mol. The number of β-amino-alcohol motifs (C(OH)–C–C–N with tert-alkyl or cyclic N) is 1. The van der Waals surface area contributed by atoms with Gasteiger partial charge in [0.25, 0.3) is 0 Å². The van der Waals surface area contributed by atoms with Gasteiger partial charge >= 0.3 is 0 Å². The number of nitrogens with zero attached hydrogens (tertiary/aromatic N) is 1. The highest BCUT2D eigenvalue weighted by molar-refractivity contribution is 7.89. The lowest BCUT2D eigenvalue weighted by atomic mass is 10.0. The predicted molar refractivity (Wildman–Crippen MR) is 79.7 cm³/mol. The molecular formula is C15H21F2NO3S. The third kappa shape index (κ3) is 3.64. The molecule has 1 aliphatic heterocycles. The molecule has 2 rings (SSSR count). The fourth-order valence-electron chi connectivity index (χ4n) is 2.72. The van der Waals surface area contributed by atoms with Crippen LogP contribution < -0.4 is 0 Å². The molecule has 1 aromatic carbocycles. The van der Waals surface area contributed by atoms with Crippen LogP contribution in [-0.4, -0.2) is 36.2 Å². The van der Waals surface area contributed by atoms with Gasteiger partial charge in [-0.3, -0.25) is 0 Å². The van der Waals surface area contributed by atoms with Crippen LogP contribution in [0.1, 0.15) is 38.3 Å². The molecule has 0 amide bonds. The summed E-state index contributed by atoms with van der Waals surface area (Å²) in [6.07, 6.45) is -0.103. The van der Waals surface area contributed by atoms with E-state index >= 15 is 0 Å². The Morgan fingerprint density at radius 2 is 2.09 bits per heavy atom.